The molecule has 3 rings (SSSR count). The number of rotatable bonds is 4. The zero-order chi connectivity index (χ0) is 24.7. The SMILES string of the molecule is Cn1cc(C(C)(C)C)c(-c2cc([N+](=O)[O-])ccc2NC(=O)c2cc(C(F)(F)F)ccc2F)n1. The summed E-state index contributed by atoms with van der Waals surface area (Å²) in [5.74, 6) is -2.28. The summed E-state index contributed by atoms with van der Waals surface area (Å²) in [5.41, 5.74) is -1.44. The van der Waals surface area contributed by atoms with Gasteiger partial charge in [-0.25, -0.2) is 4.39 Å². The van der Waals surface area contributed by atoms with Crippen molar-refractivity contribution in [2.45, 2.75) is 32.4 Å². The third-order valence-corrected chi connectivity index (χ3v) is 4.89. The maximum Gasteiger partial charge on any atom is 0.416 e. The molecule has 1 N–H and O–H groups in total. The second-order valence-corrected chi connectivity index (χ2v) is 8.45. The Morgan fingerprint density at radius 2 is 1.79 bits per heavy atom. The highest BCUT2D eigenvalue weighted by molar-refractivity contribution is 6.06. The Bertz CT molecular complexity index is 1240. The van der Waals surface area contributed by atoms with Gasteiger partial charge in [0.15, 0.2) is 0 Å². The lowest BCUT2D eigenvalue weighted by molar-refractivity contribution is -0.384. The van der Waals surface area contributed by atoms with Crippen LogP contribution in [0.1, 0.15) is 42.3 Å². The topological polar surface area (TPSA) is 90.1 Å². The normalized spacial score (nSPS) is 12.0. The van der Waals surface area contributed by atoms with E-state index in [1.165, 1.54) is 16.8 Å². The molecule has 0 bridgehead atoms. The lowest BCUT2D eigenvalue weighted by Gasteiger charge is -2.19. The molecule has 0 unspecified atom stereocenters. The Hall–Kier alpha value is -3.76. The summed E-state index contributed by atoms with van der Waals surface area (Å²) in [6, 6.07) is 5.07. The number of non-ortho nitro benzene ring substituents is 1. The van der Waals surface area contributed by atoms with E-state index in [2.05, 4.69) is 10.4 Å². The van der Waals surface area contributed by atoms with Crippen molar-refractivity contribution in [3.05, 3.63) is 75.2 Å². The number of nitro benzene ring substituents is 1. The molecule has 1 heterocycles. The van der Waals surface area contributed by atoms with Crippen LogP contribution in [-0.2, 0) is 18.6 Å². The molecule has 2 aromatic carbocycles. The molecule has 1 amide bonds. The van der Waals surface area contributed by atoms with Crippen LogP contribution in [0.2, 0.25) is 0 Å². The first-order valence-electron chi connectivity index (χ1n) is 9.69. The highest BCUT2D eigenvalue weighted by Gasteiger charge is 2.32. The fourth-order valence-corrected chi connectivity index (χ4v) is 3.25. The van der Waals surface area contributed by atoms with Gasteiger partial charge in [-0.05, 0) is 29.7 Å². The quantitative estimate of drug-likeness (QED) is 0.305. The number of amides is 1. The summed E-state index contributed by atoms with van der Waals surface area (Å²) < 4.78 is 54.8. The molecular formula is C22H20F4N4O3. The standard InChI is InChI=1S/C22H20F4N4O3/c1-21(2,3)16-11-29(4)28-19(16)15-10-13(30(32)33)6-8-18(15)27-20(31)14-9-12(22(24,25)26)5-7-17(14)23/h5-11H,1-4H3,(H,27,31). The van der Waals surface area contributed by atoms with Gasteiger partial charge in [-0.3, -0.25) is 19.6 Å². The highest BCUT2D eigenvalue weighted by atomic mass is 19.4. The number of nitro groups is 1. The van der Waals surface area contributed by atoms with Crippen molar-refractivity contribution in [1.82, 2.24) is 9.78 Å². The Morgan fingerprint density at radius 1 is 1.12 bits per heavy atom. The molecule has 33 heavy (non-hydrogen) atoms. The predicted molar refractivity (Wildman–Crippen MR) is 113 cm³/mol. The number of hydrogen-bond acceptors (Lipinski definition) is 4. The first-order valence-corrected chi connectivity index (χ1v) is 9.69. The zero-order valence-corrected chi connectivity index (χ0v) is 18.1. The monoisotopic (exact) mass is 464 g/mol. The molecule has 1 aromatic heterocycles. The summed E-state index contributed by atoms with van der Waals surface area (Å²) in [6.45, 7) is 5.71. The summed E-state index contributed by atoms with van der Waals surface area (Å²) in [7, 11) is 1.66. The van der Waals surface area contributed by atoms with Gasteiger partial charge in [-0.15, -0.1) is 0 Å². The first-order chi connectivity index (χ1) is 15.2. The van der Waals surface area contributed by atoms with Gasteiger partial charge in [0.05, 0.1) is 27.4 Å². The average molecular weight is 464 g/mol. The van der Waals surface area contributed by atoms with Crippen molar-refractivity contribution in [1.29, 1.82) is 0 Å². The molecule has 0 radical (unpaired) electrons. The molecule has 0 spiro atoms. The van der Waals surface area contributed by atoms with Crippen LogP contribution in [-0.4, -0.2) is 20.6 Å². The number of aromatic nitrogens is 2. The Labute approximate surface area is 186 Å². The minimum absolute atomic E-state index is 0.0339. The third kappa shape index (κ3) is 5.02. The number of anilines is 1. The van der Waals surface area contributed by atoms with Crippen molar-refractivity contribution in [2.24, 2.45) is 7.05 Å². The van der Waals surface area contributed by atoms with Gasteiger partial charge in [-0.1, -0.05) is 20.8 Å². The minimum atomic E-state index is -4.77. The van der Waals surface area contributed by atoms with Crippen LogP contribution in [0.5, 0.6) is 0 Å². The van der Waals surface area contributed by atoms with Gasteiger partial charge in [0.2, 0.25) is 0 Å². The molecule has 11 heteroatoms. The molecule has 0 atom stereocenters. The molecule has 174 valence electrons. The van der Waals surface area contributed by atoms with Crippen molar-refractivity contribution in [3.63, 3.8) is 0 Å². The number of halogens is 4. The van der Waals surface area contributed by atoms with Crippen LogP contribution in [0.15, 0.2) is 42.6 Å². The Kier molecular flexibility index (Phi) is 6.01. The van der Waals surface area contributed by atoms with E-state index in [1.54, 1.807) is 13.2 Å². The minimum Gasteiger partial charge on any atom is -0.321 e. The third-order valence-electron chi connectivity index (χ3n) is 4.89. The van der Waals surface area contributed by atoms with Gasteiger partial charge in [0, 0.05) is 36.5 Å². The number of benzene rings is 2. The Balaban J connectivity index is 2.13. The average Bonchev–Trinajstić information content (AvgIpc) is 3.09. The molecule has 7 nitrogen and oxygen atoms in total. The molecule has 0 fully saturated rings. The van der Waals surface area contributed by atoms with Gasteiger partial charge >= 0.3 is 6.18 Å². The summed E-state index contributed by atoms with van der Waals surface area (Å²) in [5, 5.41) is 18.1. The molecule has 3 aromatic rings. The molecule has 0 aliphatic carbocycles. The van der Waals surface area contributed by atoms with Crippen molar-refractivity contribution >= 4 is 17.3 Å². The van der Waals surface area contributed by atoms with Crippen LogP contribution in [0.3, 0.4) is 0 Å². The largest absolute Gasteiger partial charge is 0.416 e. The fraction of sp³-hybridized carbons (Fsp3) is 0.273. The summed E-state index contributed by atoms with van der Waals surface area (Å²) in [6.07, 6.45) is -3.04. The van der Waals surface area contributed by atoms with E-state index in [-0.39, 0.29) is 16.9 Å². The number of aryl methyl sites for hydroxylation is 1. The van der Waals surface area contributed by atoms with E-state index in [1.807, 2.05) is 20.8 Å². The van der Waals surface area contributed by atoms with Gasteiger partial charge < -0.3 is 5.32 Å². The molecule has 0 saturated heterocycles. The second kappa shape index (κ2) is 8.30. The van der Waals surface area contributed by atoms with E-state index in [0.717, 1.165) is 6.07 Å². The van der Waals surface area contributed by atoms with Crippen molar-refractivity contribution < 1.29 is 27.3 Å². The number of carbonyl (C=O) groups is 1. The summed E-state index contributed by atoms with van der Waals surface area (Å²) in [4.78, 5) is 23.4. The number of nitrogens with zero attached hydrogens (tertiary/aromatic N) is 3. The van der Waals surface area contributed by atoms with E-state index in [9.17, 15) is 32.5 Å². The lowest BCUT2D eigenvalue weighted by Crippen LogP contribution is -2.17. The highest BCUT2D eigenvalue weighted by Crippen LogP contribution is 2.38. The number of carbonyl (C=O) groups excluding carboxylic acids is 1. The number of hydrogen-bond donors (Lipinski definition) is 1. The van der Waals surface area contributed by atoms with E-state index < -0.39 is 39.4 Å². The van der Waals surface area contributed by atoms with Gasteiger partial charge in [0.25, 0.3) is 11.6 Å². The van der Waals surface area contributed by atoms with Crippen LogP contribution in [0, 0.1) is 15.9 Å². The smallest absolute Gasteiger partial charge is 0.321 e. The number of nitrogens with one attached hydrogen (secondary N) is 1. The maximum atomic E-state index is 14.2. The van der Waals surface area contributed by atoms with Gasteiger partial charge in [0.1, 0.15) is 5.82 Å². The van der Waals surface area contributed by atoms with Crippen LogP contribution < -0.4 is 5.32 Å². The van der Waals surface area contributed by atoms with Crippen molar-refractivity contribution in [2.75, 3.05) is 5.32 Å². The first kappa shape index (κ1) is 23.9. The molecule has 0 aliphatic rings. The van der Waals surface area contributed by atoms with E-state index in [4.69, 9.17) is 0 Å². The van der Waals surface area contributed by atoms with Gasteiger partial charge in [-0.2, -0.15) is 18.3 Å². The lowest BCUT2D eigenvalue weighted by atomic mass is 9.85. The zero-order valence-electron chi connectivity index (χ0n) is 18.1. The van der Waals surface area contributed by atoms with E-state index >= 15 is 0 Å². The summed E-state index contributed by atoms with van der Waals surface area (Å²) >= 11 is 0. The second-order valence-electron chi connectivity index (χ2n) is 8.45. The van der Waals surface area contributed by atoms with Crippen LogP contribution in [0.25, 0.3) is 11.3 Å². The maximum absolute atomic E-state index is 14.2. The molecule has 0 saturated carbocycles. The predicted octanol–water partition coefficient (Wildman–Crippen LogP) is 5.70. The van der Waals surface area contributed by atoms with Crippen LogP contribution >= 0.6 is 0 Å². The van der Waals surface area contributed by atoms with E-state index in [0.29, 0.717) is 29.5 Å². The van der Waals surface area contributed by atoms with Crippen LogP contribution in [0.4, 0.5) is 28.9 Å². The number of alkyl halides is 3. The fourth-order valence-electron chi connectivity index (χ4n) is 3.25. The van der Waals surface area contributed by atoms with Crippen molar-refractivity contribution in [3.8, 4) is 11.3 Å². The molecular weight excluding hydrogens is 444 g/mol. The molecule has 0 aliphatic heterocycles. The Morgan fingerprint density at radius 3 is 2.36 bits per heavy atom.